The molecule has 0 radical (unpaired) electrons. The number of aromatic nitrogens is 1. The highest BCUT2D eigenvalue weighted by Gasteiger charge is 2.07. The highest BCUT2D eigenvalue weighted by Crippen LogP contribution is 2.00. The van der Waals surface area contributed by atoms with Crippen molar-refractivity contribution in [2.24, 2.45) is 5.73 Å². The van der Waals surface area contributed by atoms with Gasteiger partial charge >= 0.3 is 4.87 Å². The predicted octanol–water partition coefficient (Wildman–Crippen LogP) is -0.462. The van der Waals surface area contributed by atoms with Gasteiger partial charge in [0.2, 0.25) is 0 Å². The third-order valence-electron chi connectivity index (χ3n) is 1.64. The predicted molar refractivity (Wildman–Crippen MR) is 48.4 cm³/mol. The molecular formula is C7H12N2O2S. The number of thiazole rings is 1. The minimum absolute atomic E-state index is 0.0417. The van der Waals surface area contributed by atoms with Gasteiger partial charge in [-0.15, -0.1) is 0 Å². The summed E-state index contributed by atoms with van der Waals surface area (Å²) < 4.78 is 1.53. The van der Waals surface area contributed by atoms with E-state index >= 15 is 0 Å². The second-order valence-electron chi connectivity index (χ2n) is 2.64. The first-order valence-corrected chi connectivity index (χ1v) is 4.56. The molecule has 0 aliphatic rings. The number of aliphatic hydroxyl groups excluding tert-OH is 1. The summed E-state index contributed by atoms with van der Waals surface area (Å²) in [6, 6.07) is 0. The van der Waals surface area contributed by atoms with E-state index in [2.05, 4.69) is 0 Å². The molecule has 0 fully saturated rings. The molecule has 12 heavy (non-hydrogen) atoms. The van der Waals surface area contributed by atoms with Crippen LogP contribution in [0.3, 0.4) is 0 Å². The first-order valence-electron chi connectivity index (χ1n) is 3.68. The van der Waals surface area contributed by atoms with Crippen molar-refractivity contribution in [3.8, 4) is 0 Å². The Labute approximate surface area is 74.3 Å². The van der Waals surface area contributed by atoms with Crippen molar-refractivity contribution in [2.45, 2.75) is 19.6 Å². The van der Waals surface area contributed by atoms with Crippen LogP contribution in [0.25, 0.3) is 0 Å². The number of aryl methyl sites for hydroxylation is 1. The third kappa shape index (κ3) is 1.94. The third-order valence-corrected chi connectivity index (χ3v) is 2.52. The van der Waals surface area contributed by atoms with Crippen LogP contribution >= 0.6 is 11.3 Å². The maximum absolute atomic E-state index is 11.1. The fourth-order valence-corrected chi connectivity index (χ4v) is 1.66. The lowest BCUT2D eigenvalue weighted by Crippen LogP contribution is -2.29. The maximum atomic E-state index is 11.1. The molecule has 0 saturated carbocycles. The Morgan fingerprint density at radius 2 is 2.50 bits per heavy atom. The SMILES string of the molecule is Cc1csc(=O)n1CC(O)CN. The first kappa shape index (κ1) is 9.44. The normalized spacial score (nSPS) is 13.2. The lowest BCUT2D eigenvalue weighted by Gasteiger charge is -2.08. The van der Waals surface area contributed by atoms with Gasteiger partial charge in [-0.2, -0.15) is 0 Å². The molecule has 0 aliphatic heterocycles. The van der Waals surface area contributed by atoms with Crippen molar-refractivity contribution in [1.29, 1.82) is 0 Å². The van der Waals surface area contributed by atoms with Gasteiger partial charge < -0.3 is 15.4 Å². The number of hydrogen-bond donors (Lipinski definition) is 2. The molecule has 1 aromatic rings. The number of rotatable bonds is 3. The van der Waals surface area contributed by atoms with Gasteiger partial charge in [0.25, 0.3) is 0 Å². The van der Waals surface area contributed by atoms with Crippen molar-refractivity contribution < 1.29 is 5.11 Å². The van der Waals surface area contributed by atoms with Crippen LogP contribution < -0.4 is 10.6 Å². The van der Waals surface area contributed by atoms with E-state index in [1.165, 1.54) is 4.57 Å². The number of nitrogens with zero attached hydrogens (tertiary/aromatic N) is 1. The smallest absolute Gasteiger partial charge is 0.307 e. The molecule has 0 aromatic carbocycles. The van der Waals surface area contributed by atoms with Gasteiger partial charge in [0.1, 0.15) is 0 Å². The van der Waals surface area contributed by atoms with Crippen LogP contribution in [0.2, 0.25) is 0 Å². The van der Waals surface area contributed by atoms with Crippen molar-refractivity contribution in [3.63, 3.8) is 0 Å². The zero-order valence-corrected chi connectivity index (χ0v) is 7.67. The maximum Gasteiger partial charge on any atom is 0.307 e. The molecular weight excluding hydrogens is 176 g/mol. The quantitative estimate of drug-likeness (QED) is 0.674. The topological polar surface area (TPSA) is 68.2 Å². The molecule has 0 bridgehead atoms. The summed E-state index contributed by atoms with van der Waals surface area (Å²) in [5, 5.41) is 11.0. The summed E-state index contributed by atoms with van der Waals surface area (Å²) in [5.41, 5.74) is 6.10. The standard InChI is InChI=1S/C7H12N2O2S/c1-5-4-12-7(11)9(5)3-6(10)2-8/h4,6,10H,2-3,8H2,1H3. The van der Waals surface area contributed by atoms with Crippen LogP contribution in [-0.2, 0) is 6.54 Å². The minimum Gasteiger partial charge on any atom is -0.390 e. The van der Waals surface area contributed by atoms with Crippen molar-refractivity contribution in [1.82, 2.24) is 4.57 Å². The minimum atomic E-state index is -0.629. The average Bonchev–Trinajstić information content (AvgIpc) is 2.35. The summed E-state index contributed by atoms with van der Waals surface area (Å²) >= 11 is 1.14. The molecule has 68 valence electrons. The van der Waals surface area contributed by atoms with E-state index in [9.17, 15) is 9.90 Å². The largest absolute Gasteiger partial charge is 0.390 e. The molecule has 0 saturated heterocycles. The number of nitrogens with two attached hydrogens (primary N) is 1. The molecule has 4 nitrogen and oxygen atoms in total. The highest BCUT2D eigenvalue weighted by molar-refractivity contribution is 7.07. The lowest BCUT2D eigenvalue weighted by molar-refractivity contribution is 0.160. The Morgan fingerprint density at radius 1 is 1.83 bits per heavy atom. The number of hydrogen-bond acceptors (Lipinski definition) is 4. The summed E-state index contributed by atoms with van der Waals surface area (Å²) in [6.45, 7) is 2.31. The van der Waals surface area contributed by atoms with Gasteiger partial charge in [0, 0.05) is 17.6 Å². The first-order chi connectivity index (χ1) is 5.65. The second kappa shape index (κ2) is 3.84. The van der Waals surface area contributed by atoms with Crippen LogP contribution in [0.5, 0.6) is 0 Å². The van der Waals surface area contributed by atoms with E-state index in [0.29, 0.717) is 6.54 Å². The van der Waals surface area contributed by atoms with Crippen LogP contribution in [0.15, 0.2) is 10.2 Å². The van der Waals surface area contributed by atoms with E-state index in [1.54, 1.807) is 5.38 Å². The Kier molecular flexibility index (Phi) is 3.02. The molecule has 0 amide bonds. The van der Waals surface area contributed by atoms with E-state index in [-0.39, 0.29) is 11.4 Å². The molecule has 1 aromatic heterocycles. The molecule has 0 spiro atoms. The van der Waals surface area contributed by atoms with Crippen molar-refractivity contribution in [2.75, 3.05) is 6.54 Å². The zero-order valence-electron chi connectivity index (χ0n) is 6.86. The van der Waals surface area contributed by atoms with Gasteiger partial charge in [-0.1, -0.05) is 11.3 Å². The summed E-state index contributed by atoms with van der Waals surface area (Å²) in [7, 11) is 0. The van der Waals surface area contributed by atoms with Gasteiger partial charge in [-0.25, -0.2) is 0 Å². The van der Waals surface area contributed by atoms with Crippen LogP contribution in [-0.4, -0.2) is 22.3 Å². The zero-order chi connectivity index (χ0) is 9.14. The van der Waals surface area contributed by atoms with Crippen LogP contribution in [0.4, 0.5) is 0 Å². The lowest BCUT2D eigenvalue weighted by atomic mass is 10.3. The highest BCUT2D eigenvalue weighted by atomic mass is 32.1. The van der Waals surface area contributed by atoms with E-state index in [4.69, 9.17) is 5.73 Å². The molecule has 1 rings (SSSR count). The van der Waals surface area contributed by atoms with E-state index in [0.717, 1.165) is 17.0 Å². The molecule has 5 heteroatoms. The molecule has 1 unspecified atom stereocenters. The Hall–Kier alpha value is -0.650. The molecule has 3 N–H and O–H groups in total. The number of aliphatic hydroxyl groups is 1. The Bertz CT molecular complexity index is 305. The fraction of sp³-hybridized carbons (Fsp3) is 0.571. The average molecular weight is 188 g/mol. The molecule has 1 atom stereocenters. The van der Waals surface area contributed by atoms with Gasteiger partial charge in [-0.3, -0.25) is 4.79 Å². The van der Waals surface area contributed by atoms with E-state index in [1.807, 2.05) is 6.92 Å². The van der Waals surface area contributed by atoms with E-state index < -0.39 is 6.10 Å². The van der Waals surface area contributed by atoms with Crippen molar-refractivity contribution in [3.05, 3.63) is 20.7 Å². The molecule has 1 heterocycles. The van der Waals surface area contributed by atoms with Crippen molar-refractivity contribution >= 4 is 11.3 Å². The van der Waals surface area contributed by atoms with Crippen LogP contribution in [0.1, 0.15) is 5.69 Å². The van der Waals surface area contributed by atoms with Gasteiger partial charge in [-0.05, 0) is 6.92 Å². The second-order valence-corrected chi connectivity index (χ2v) is 3.46. The Morgan fingerprint density at radius 3 is 2.92 bits per heavy atom. The monoisotopic (exact) mass is 188 g/mol. The fourth-order valence-electron chi connectivity index (χ4n) is 0.911. The molecule has 0 aliphatic carbocycles. The summed E-state index contributed by atoms with van der Waals surface area (Å²) in [5.74, 6) is 0. The summed E-state index contributed by atoms with van der Waals surface area (Å²) in [4.78, 5) is 11.1. The van der Waals surface area contributed by atoms with Gasteiger partial charge in [0.15, 0.2) is 0 Å². The van der Waals surface area contributed by atoms with Crippen LogP contribution in [0, 0.1) is 6.92 Å². The Balaban J connectivity index is 2.81. The van der Waals surface area contributed by atoms with Gasteiger partial charge in [0.05, 0.1) is 12.6 Å². The summed E-state index contributed by atoms with van der Waals surface area (Å²) in [6.07, 6.45) is -0.629.